The van der Waals surface area contributed by atoms with Crippen molar-refractivity contribution in [3.8, 4) is 0 Å². The van der Waals surface area contributed by atoms with E-state index >= 15 is 0 Å². The Labute approximate surface area is 97.8 Å². The van der Waals surface area contributed by atoms with Crippen molar-refractivity contribution < 1.29 is 4.79 Å². The monoisotopic (exact) mass is 268 g/mol. The van der Waals surface area contributed by atoms with Gasteiger partial charge in [0.15, 0.2) is 0 Å². The molecule has 1 aromatic rings. The summed E-state index contributed by atoms with van der Waals surface area (Å²) in [6.07, 6.45) is 0. The summed E-state index contributed by atoms with van der Waals surface area (Å²) in [7, 11) is 0. The molecule has 2 rings (SSSR count). The van der Waals surface area contributed by atoms with Crippen LogP contribution in [0.25, 0.3) is 0 Å². The highest BCUT2D eigenvalue weighted by molar-refractivity contribution is 9.09. The molecule has 0 atom stereocenters. The molecule has 0 spiro atoms. The van der Waals surface area contributed by atoms with Gasteiger partial charge in [0.2, 0.25) is 0 Å². The summed E-state index contributed by atoms with van der Waals surface area (Å²) in [5, 5.41) is 0.835. The van der Waals surface area contributed by atoms with E-state index in [1.807, 2.05) is 40.1 Å². The van der Waals surface area contributed by atoms with Gasteiger partial charge in [-0.25, -0.2) is 4.79 Å². The van der Waals surface area contributed by atoms with Crippen molar-refractivity contribution in [2.45, 2.75) is 0 Å². The first kappa shape index (κ1) is 10.5. The number of para-hydroxylation sites is 1. The second-order valence-electron chi connectivity index (χ2n) is 3.45. The van der Waals surface area contributed by atoms with Crippen LogP contribution in [0.4, 0.5) is 10.5 Å². The number of hydrogen-bond donors (Lipinski definition) is 0. The van der Waals surface area contributed by atoms with Crippen LogP contribution in [-0.2, 0) is 0 Å². The lowest BCUT2D eigenvalue weighted by molar-refractivity contribution is 0.223. The summed E-state index contributed by atoms with van der Waals surface area (Å²) in [5.41, 5.74) is 0.986. The number of rotatable bonds is 3. The molecule has 3 nitrogen and oxygen atoms in total. The standard InChI is InChI=1S/C11H13BrN2O/c12-6-7-13-8-9-14(11(13)15)10-4-2-1-3-5-10/h1-5H,6-9H2. The smallest absolute Gasteiger partial charge is 0.322 e. The van der Waals surface area contributed by atoms with E-state index in [0.717, 1.165) is 30.7 Å². The van der Waals surface area contributed by atoms with E-state index in [2.05, 4.69) is 15.9 Å². The van der Waals surface area contributed by atoms with Gasteiger partial charge in [-0.2, -0.15) is 0 Å². The third-order valence-corrected chi connectivity index (χ3v) is 2.87. The average molecular weight is 269 g/mol. The quantitative estimate of drug-likeness (QED) is 0.772. The number of carbonyl (C=O) groups is 1. The maximum absolute atomic E-state index is 11.9. The maximum atomic E-state index is 11.9. The summed E-state index contributed by atoms with van der Waals surface area (Å²) in [4.78, 5) is 15.6. The Morgan fingerprint density at radius 3 is 2.60 bits per heavy atom. The second kappa shape index (κ2) is 4.66. The number of anilines is 1. The molecule has 0 aliphatic carbocycles. The zero-order chi connectivity index (χ0) is 10.7. The molecular weight excluding hydrogens is 256 g/mol. The fraction of sp³-hybridized carbons (Fsp3) is 0.364. The van der Waals surface area contributed by atoms with Gasteiger partial charge in [-0.3, -0.25) is 4.90 Å². The van der Waals surface area contributed by atoms with Crippen molar-refractivity contribution in [1.82, 2.24) is 4.90 Å². The molecule has 0 aromatic heterocycles. The summed E-state index contributed by atoms with van der Waals surface area (Å²) in [6.45, 7) is 2.39. The van der Waals surface area contributed by atoms with Crippen molar-refractivity contribution in [3.05, 3.63) is 30.3 Å². The number of benzene rings is 1. The summed E-state index contributed by atoms with van der Waals surface area (Å²) < 4.78 is 0. The first-order chi connectivity index (χ1) is 7.33. The predicted molar refractivity (Wildman–Crippen MR) is 64.6 cm³/mol. The normalized spacial score (nSPS) is 16.2. The lowest BCUT2D eigenvalue weighted by Crippen LogP contribution is -2.32. The van der Waals surface area contributed by atoms with Gasteiger partial charge >= 0.3 is 6.03 Å². The number of halogens is 1. The number of nitrogens with zero attached hydrogens (tertiary/aromatic N) is 2. The number of hydrogen-bond acceptors (Lipinski definition) is 1. The van der Waals surface area contributed by atoms with Crippen LogP contribution in [0.3, 0.4) is 0 Å². The molecule has 15 heavy (non-hydrogen) atoms. The SMILES string of the molecule is O=C1N(CCBr)CCN1c1ccccc1. The highest BCUT2D eigenvalue weighted by atomic mass is 79.9. The van der Waals surface area contributed by atoms with E-state index in [9.17, 15) is 4.79 Å². The van der Waals surface area contributed by atoms with E-state index in [1.54, 1.807) is 0 Å². The summed E-state index contributed by atoms with van der Waals surface area (Å²) >= 11 is 3.35. The third kappa shape index (κ3) is 2.15. The van der Waals surface area contributed by atoms with Gasteiger partial charge in [-0.05, 0) is 12.1 Å². The van der Waals surface area contributed by atoms with Gasteiger partial charge in [0.05, 0.1) is 0 Å². The van der Waals surface area contributed by atoms with Crippen LogP contribution in [0.1, 0.15) is 0 Å². The molecule has 1 aromatic carbocycles. The molecule has 0 saturated carbocycles. The van der Waals surface area contributed by atoms with Crippen LogP contribution in [0.5, 0.6) is 0 Å². The van der Waals surface area contributed by atoms with Crippen LogP contribution in [0.2, 0.25) is 0 Å². The molecule has 0 bridgehead atoms. The van der Waals surface area contributed by atoms with Crippen LogP contribution < -0.4 is 4.90 Å². The predicted octanol–water partition coefficient (Wildman–Crippen LogP) is 2.32. The molecule has 1 aliphatic heterocycles. The third-order valence-electron chi connectivity index (χ3n) is 2.52. The number of carbonyl (C=O) groups excluding carboxylic acids is 1. The second-order valence-corrected chi connectivity index (χ2v) is 4.24. The minimum atomic E-state index is 0.112. The highest BCUT2D eigenvalue weighted by Crippen LogP contribution is 2.19. The van der Waals surface area contributed by atoms with Crippen molar-refractivity contribution in [2.75, 3.05) is 29.9 Å². The summed E-state index contributed by atoms with van der Waals surface area (Å²) in [6, 6.07) is 9.91. The highest BCUT2D eigenvalue weighted by Gasteiger charge is 2.28. The van der Waals surface area contributed by atoms with Crippen LogP contribution in [0, 0.1) is 0 Å². The van der Waals surface area contributed by atoms with Gasteiger partial charge < -0.3 is 4.90 Å². The van der Waals surface area contributed by atoms with Crippen molar-refractivity contribution in [2.24, 2.45) is 0 Å². The Morgan fingerprint density at radius 2 is 1.93 bits per heavy atom. The Balaban J connectivity index is 2.11. The molecule has 4 heteroatoms. The Morgan fingerprint density at radius 1 is 1.20 bits per heavy atom. The van der Waals surface area contributed by atoms with Crippen LogP contribution >= 0.6 is 15.9 Å². The van der Waals surface area contributed by atoms with Crippen molar-refractivity contribution in [1.29, 1.82) is 0 Å². The van der Waals surface area contributed by atoms with Gasteiger partial charge in [0, 0.05) is 30.7 Å². The summed E-state index contributed by atoms with van der Waals surface area (Å²) in [5.74, 6) is 0. The lowest BCUT2D eigenvalue weighted by Gasteiger charge is -2.17. The van der Waals surface area contributed by atoms with E-state index in [1.165, 1.54) is 0 Å². The zero-order valence-electron chi connectivity index (χ0n) is 8.40. The number of alkyl halides is 1. The van der Waals surface area contributed by atoms with Gasteiger partial charge in [0.25, 0.3) is 0 Å². The van der Waals surface area contributed by atoms with E-state index in [4.69, 9.17) is 0 Å². The van der Waals surface area contributed by atoms with Crippen molar-refractivity contribution >= 4 is 27.6 Å². The zero-order valence-corrected chi connectivity index (χ0v) is 9.98. The van der Waals surface area contributed by atoms with E-state index < -0.39 is 0 Å². The number of amides is 2. The Hall–Kier alpha value is -1.03. The molecule has 2 amide bonds. The molecule has 1 fully saturated rings. The van der Waals surface area contributed by atoms with Gasteiger partial charge in [-0.1, -0.05) is 34.1 Å². The van der Waals surface area contributed by atoms with Gasteiger partial charge in [0.1, 0.15) is 0 Å². The van der Waals surface area contributed by atoms with Gasteiger partial charge in [-0.15, -0.1) is 0 Å². The lowest BCUT2D eigenvalue weighted by atomic mass is 10.3. The molecule has 0 N–H and O–H groups in total. The molecule has 0 unspecified atom stereocenters. The molecular formula is C11H13BrN2O. The molecule has 1 saturated heterocycles. The Bertz CT molecular complexity index is 342. The minimum Gasteiger partial charge on any atom is -0.322 e. The molecule has 80 valence electrons. The van der Waals surface area contributed by atoms with Crippen LogP contribution in [0.15, 0.2) is 30.3 Å². The molecule has 1 aliphatic rings. The van der Waals surface area contributed by atoms with Crippen LogP contribution in [-0.4, -0.2) is 35.9 Å². The Kier molecular flexibility index (Phi) is 3.26. The molecule has 0 radical (unpaired) electrons. The largest absolute Gasteiger partial charge is 0.324 e. The van der Waals surface area contributed by atoms with Crippen molar-refractivity contribution in [3.63, 3.8) is 0 Å². The maximum Gasteiger partial charge on any atom is 0.324 e. The fourth-order valence-corrected chi connectivity index (χ4v) is 2.17. The first-order valence-corrected chi connectivity index (χ1v) is 6.12. The minimum absolute atomic E-state index is 0.112. The topological polar surface area (TPSA) is 23.6 Å². The van der Waals surface area contributed by atoms with E-state index in [-0.39, 0.29) is 6.03 Å². The average Bonchev–Trinajstić information content (AvgIpc) is 2.63. The fourth-order valence-electron chi connectivity index (χ4n) is 1.74. The first-order valence-electron chi connectivity index (χ1n) is 5.00. The number of urea groups is 1. The molecule has 1 heterocycles. The van der Waals surface area contributed by atoms with E-state index in [0.29, 0.717) is 0 Å².